The fourth-order valence-electron chi connectivity index (χ4n) is 3.52. The van der Waals surface area contributed by atoms with Crippen molar-refractivity contribution < 1.29 is 0 Å². The second kappa shape index (κ2) is 5.80. The highest BCUT2D eigenvalue weighted by atomic mass is 32.1. The maximum Gasteiger partial charge on any atom is 0.108 e. The molecule has 21 heavy (non-hydrogen) atoms. The van der Waals surface area contributed by atoms with Crippen molar-refractivity contribution in [1.29, 1.82) is 0 Å². The quantitative estimate of drug-likeness (QED) is 0.749. The predicted octanol–water partition coefficient (Wildman–Crippen LogP) is 4.37. The van der Waals surface area contributed by atoms with E-state index in [9.17, 15) is 0 Å². The van der Waals surface area contributed by atoms with Crippen molar-refractivity contribution in [3.63, 3.8) is 0 Å². The molecule has 3 rings (SSSR count). The van der Waals surface area contributed by atoms with Crippen molar-refractivity contribution in [2.24, 2.45) is 0 Å². The van der Waals surface area contributed by atoms with Crippen LogP contribution in [0, 0.1) is 0 Å². The number of nitrogens with zero attached hydrogens (tertiary/aromatic N) is 2. The molecule has 2 heterocycles. The summed E-state index contributed by atoms with van der Waals surface area (Å²) in [6, 6.07) is 10.5. The SMILES string of the molecule is CC1(C)CC(N2CCCCC2)=CC(=S)N1c1ccccc1. The molecule has 3 heteroatoms. The molecular weight excluding hydrogens is 276 g/mol. The molecule has 0 radical (unpaired) electrons. The molecule has 2 nitrogen and oxygen atoms in total. The maximum absolute atomic E-state index is 5.73. The van der Waals surface area contributed by atoms with Gasteiger partial charge in [0.1, 0.15) is 4.99 Å². The first-order chi connectivity index (χ1) is 10.1. The van der Waals surface area contributed by atoms with Gasteiger partial charge in [0, 0.05) is 36.4 Å². The number of benzene rings is 1. The minimum Gasteiger partial charge on any atom is -0.375 e. The fourth-order valence-corrected chi connectivity index (χ4v) is 4.01. The van der Waals surface area contributed by atoms with Gasteiger partial charge in [-0.1, -0.05) is 30.4 Å². The summed E-state index contributed by atoms with van der Waals surface area (Å²) < 4.78 is 0. The average Bonchev–Trinajstić information content (AvgIpc) is 2.47. The van der Waals surface area contributed by atoms with Crippen LogP contribution in [0.3, 0.4) is 0 Å². The minimum atomic E-state index is 0.0277. The van der Waals surface area contributed by atoms with E-state index in [0.29, 0.717) is 0 Å². The Hall–Kier alpha value is -1.35. The normalized spacial score (nSPS) is 22.2. The summed E-state index contributed by atoms with van der Waals surface area (Å²) in [6.45, 7) is 6.97. The molecule has 0 aliphatic carbocycles. The van der Waals surface area contributed by atoms with Crippen LogP contribution in [0.2, 0.25) is 0 Å². The predicted molar refractivity (Wildman–Crippen MR) is 93.7 cm³/mol. The van der Waals surface area contributed by atoms with Gasteiger partial charge in [0.25, 0.3) is 0 Å². The second-order valence-electron chi connectivity index (χ2n) is 6.68. The van der Waals surface area contributed by atoms with E-state index in [4.69, 9.17) is 12.2 Å². The second-order valence-corrected chi connectivity index (χ2v) is 7.10. The summed E-state index contributed by atoms with van der Waals surface area (Å²) in [5, 5.41) is 0. The molecule has 1 fully saturated rings. The Kier molecular flexibility index (Phi) is 4.03. The van der Waals surface area contributed by atoms with Crippen LogP contribution in [0.1, 0.15) is 39.5 Å². The molecule has 1 aromatic rings. The topological polar surface area (TPSA) is 6.48 Å². The third kappa shape index (κ3) is 2.98. The fraction of sp³-hybridized carbons (Fsp3) is 0.500. The lowest BCUT2D eigenvalue weighted by atomic mass is 9.90. The van der Waals surface area contributed by atoms with Gasteiger partial charge in [-0.15, -0.1) is 0 Å². The minimum absolute atomic E-state index is 0.0277. The highest BCUT2D eigenvalue weighted by Crippen LogP contribution is 2.35. The average molecular weight is 300 g/mol. The van der Waals surface area contributed by atoms with Gasteiger partial charge in [-0.3, -0.25) is 0 Å². The zero-order valence-electron chi connectivity index (χ0n) is 13.0. The summed E-state index contributed by atoms with van der Waals surface area (Å²) in [7, 11) is 0. The number of thiocarbonyl (C=S) groups is 1. The molecule has 0 aromatic heterocycles. The van der Waals surface area contributed by atoms with E-state index in [2.05, 4.69) is 60.1 Å². The third-order valence-corrected chi connectivity index (χ3v) is 4.81. The number of anilines is 1. The number of rotatable bonds is 2. The van der Waals surface area contributed by atoms with Crippen molar-refractivity contribution in [1.82, 2.24) is 4.90 Å². The zero-order valence-corrected chi connectivity index (χ0v) is 13.8. The van der Waals surface area contributed by atoms with Crippen LogP contribution in [0.4, 0.5) is 5.69 Å². The molecule has 0 bridgehead atoms. The Labute approximate surface area is 133 Å². The van der Waals surface area contributed by atoms with Gasteiger partial charge < -0.3 is 9.80 Å². The van der Waals surface area contributed by atoms with Crippen LogP contribution in [-0.4, -0.2) is 28.5 Å². The Morgan fingerprint density at radius 3 is 2.29 bits per heavy atom. The first-order valence-electron chi connectivity index (χ1n) is 7.93. The van der Waals surface area contributed by atoms with Crippen molar-refractivity contribution in [2.75, 3.05) is 18.0 Å². The summed E-state index contributed by atoms with van der Waals surface area (Å²) in [5.41, 5.74) is 2.65. The first-order valence-corrected chi connectivity index (χ1v) is 8.33. The van der Waals surface area contributed by atoms with E-state index in [0.717, 1.165) is 11.4 Å². The molecule has 0 atom stereocenters. The van der Waals surface area contributed by atoms with Crippen LogP contribution in [-0.2, 0) is 0 Å². The Morgan fingerprint density at radius 1 is 1.00 bits per heavy atom. The van der Waals surface area contributed by atoms with Gasteiger partial charge in [-0.05, 0) is 51.3 Å². The van der Waals surface area contributed by atoms with Gasteiger partial charge in [-0.25, -0.2) is 0 Å². The Balaban J connectivity index is 1.89. The van der Waals surface area contributed by atoms with Gasteiger partial charge in [0.15, 0.2) is 0 Å². The smallest absolute Gasteiger partial charge is 0.108 e. The highest BCUT2D eigenvalue weighted by molar-refractivity contribution is 7.81. The molecule has 0 amide bonds. The van der Waals surface area contributed by atoms with Crippen LogP contribution in [0.5, 0.6) is 0 Å². The molecule has 0 N–H and O–H groups in total. The van der Waals surface area contributed by atoms with Gasteiger partial charge in [0.05, 0.1) is 0 Å². The van der Waals surface area contributed by atoms with E-state index in [1.807, 2.05) is 0 Å². The lowest BCUT2D eigenvalue weighted by Gasteiger charge is -2.46. The van der Waals surface area contributed by atoms with Crippen LogP contribution < -0.4 is 4.90 Å². The molecule has 2 aliphatic heterocycles. The largest absolute Gasteiger partial charge is 0.375 e. The molecule has 1 aromatic carbocycles. The molecule has 1 saturated heterocycles. The number of hydrogen-bond acceptors (Lipinski definition) is 2. The number of piperidine rings is 1. The molecule has 0 spiro atoms. The van der Waals surface area contributed by atoms with Crippen molar-refractivity contribution >= 4 is 22.9 Å². The zero-order chi connectivity index (χ0) is 14.9. The number of likely N-dealkylation sites (tertiary alicyclic amines) is 1. The van der Waals surface area contributed by atoms with Crippen LogP contribution in [0.15, 0.2) is 42.1 Å². The van der Waals surface area contributed by atoms with E-state index < -0.39 is 0 Å². The number of para-hydroxylation sites is 1. The molecule has 2 aliphatic rings. The standard InChI is InChI=1S/C18H24N2S/c1-18(2)14-16(19-11-7-4-8-12-19)13-17(21)20(18)15-9-5-3-6-10-15/h3,5-6,9-10,13H,4,7-8,11-12,14H2,1-2H3. The molecule has 0 saturated carbocycles. The van der Waals surface area contributed by atoms with E-state index in [1.54, 1.807) is 0 Å². The van der Waals surface area contributed by atoms with Crippen molar-refractivity contribution in [2.45, 2.75) is 45.1 Å². The van der Waals surface area contributed by atoms with E-state index in [1.165, 1.54) is 43.7 Å². The Morgan fingerprint density at radius 2 is 1.67 bits per heavy atom. The lowest BCUT2D eigenvalue weighted by Crippen LogP contribution is -2.51. The molecule has 0 unspecified atom stereocenters. The Bertz CT molecular complexity index is 542. The van der Waals surface area contributed by atoms with E-state index in [-0.39, 0.29) is 5.54 Å². The van der Waals surface area contributed by atoms with Crippen LogP contribution in [0.25, 0.3) is 0 Å². The summed E-state index contributed by atoms with van der Waals surface area (Å²) in [5.74, 6) is 0. The van der Waals surface area contributed by atoms with Gasteiger partial charge in [-0.2, -0.15) is 0 Å². The lowest BCUT2D eigenvalue weighted by molar-refractivity contribution is 0.262. The summed E-state index contributed by atoms with van der Waals surface area (Å²) >= 11 is 5.73. The highest BCUT2D eigenvalue weighted by Gasteiger charge is 2.35. The molecule has 112 valence electrons. The number of hydrogen-bond donors (Lipinski definition) is 0. The van der Waals surface area contributed by atoms with E-state index >= 15 is 0 Å². The van der Waals surface area contributed by atoms with Gasteiger partial charge in [0.2, 0.25) is 0 Å². The summed E-state index contributed by atoms with van der Waals surface area (Å²) in [6.07, 6.45) is 7.27. The summed E-state index contributed by atoms with van der Waals surface area (Å²) in [4.78, 5) is 5.79. The van der Waals surface area contributed by atoms with Crippen LogP contribution >= 0.6 is 12.2 Å². The van der Waals surface area contributed by atoms with Crippen molar-refractivity contribution in [3.05, 3.63) is 42.1 Å². The molecular formula is C18H24N2S. The maximum atomic E-state index is 5.73. The monoisotopic (exact) mass is 300 g/mol. The third-order valence-electron chi connectivity index (χ3n) is 4.51. The van der Waals surface area contributed by atoms with Crippen molar-refractivity contribution in [3.8, 4) is 0 Å². The first kappa shape index (κ1) is 14.6. The van der Waals surface area contributed by atoms with Gasteiger partial charge >= 0.3 is 0 Å².